The van der Waals surface area contributed by atoms with E-state index in [1.807, 2.05) is 27.7 Å². The van der Waals surface area contributed by atoms with Gasteiger partial charge in [0.1, 0.15) is 0 Å². The van der Waals surface area contributed by atoms with Crippen LogP contribution in [0.3, 0.4) is 0 Å². The van der Waals surface area contributed by atoms with Crippen LogP contribution < -0.4 is 5.32 Å². The lowest BCUT2D eigenvalue weighted by Crippen LogP contribution is -2.44. The number of rotatable bonds is 4. The fourth-order valence-electron chi connectivity index (χ4n) is 1.77. The van der Waals surface area contributed by atoms with Gasteiger partial charge in [0.2, 0.25) is 0 Å². The third-order valence-corrected chi connectivity index (χ3v) is 2.91. The van der Waals surface area contributed by atoms with Gasteiger partial charge in [-0.25, -0.2) is 0 Å². The zero-order chi connectivity index (χ0) is 13.8. The van der Waals surface area contributed by atoms with Crippen molar-refractivity contribution in [2.75, 3.05) is 6.61 Å². The summed E-state index contributed by atoms with van der Waals surface area (Å²) in [4.78, 5) is 16.1. The first-order chi connectivity index (χ1) is 8.34. The summed E-state index contributed by atoms with van der Waals surface area (Å²) in [6.07, 6.45) is 3.82. The summed E-state index contributed by atoms with van der Waals surface area (Å²) < 4.78 is 0. The minimum absolute atomic E-state index is 0.0597. The normalized spacial score (nSPS) is 13.2. The number of aliphatic hydroxyl groups excluding tert-OH is 1. The van der Waals surface area contributed by atoms with Crippen molar-refractivity contribution in [3.05, 3.63) is 29.6 Å². The van der Waals surface area contributed by atoms with Gasteiger partial charge in [-0.1, -0.05) is 20.8 Å². The smallest absolute Gasteiger partial charge is 0.253 e. The molecule has 100 valence electrons. The van der Waals surface area contributed by atoms with Gasteiger partial charge in [0.25, 0.3) is 5.91 Å². The maximum atomic E-state index is 12.1. The molecule has 0 fully saturated rings. The lowest BCUT2D eigenvalue weighted by Gasteiger charge is -2.31. The molecule has 18 heavy (non-hydrogen) atoms. The molecule has 1 unspecified atom stereocenters. The summed E-state index contributed by atoms with van der Waals surface area (Å²) in [5, 5.41) is 12.0. The fourth-order valence-corrected chi connectivity index (χ4v) is 1.77. The van der Waals surface area contributed by atoms with Gasteiger partial charge in [-0.15, -0.1) is 0 Å². The highest BCUT2D eigenvalue weighted by Crippen LogP contribution is 2.22. The average Bonchev–Trinajstić information content (AvgIpc) is 2.27. The number of nitrogens with zero attached hydrogens (tertiary/aromatic N) is 1. The van der Waals surface area contributed by atoms with E-state index >= 15 is 0 Å². The molecule has 2 N–H and O–H groups in total. The number of aryl methyl sites for hydroxylation is 1. The Labute approximate surface area is 108 Å². The molecule has 1 aromatic rings. The van der Waals surface area contributed by atoms with Crippen molar-refractivity contribution in [1.29, 1.82) is 0 Å². The number of hydrogen-bond acceptors (Lipinski definition) is 3. The number of aromatic nitrogens is 1. The zero-order valence-corrected chi connectivity index (χ0v) is 11.5. The van der Waals surface area contributed by atoms with Crippen LogP contribution >= 0.6 is 0 Å². The molecule has 1 amide bonds. The SMILES string of the molecule is Cc1cncc(C(=O)NC(CCO)C(C)(C)C)c1. The predicted molar refractivity (Wildman–Crippen MR) is 71.4 cm³/mol. The van der Waals surface area contributed by atoms with E-state index in [-0.39, 0.29) is 24.0 Å². The van der Waals surface area contributed by atoms with Crippen LogP contribution in [-0.4, -0.2) is 28.6 Å². The molecule has 1 aromatic heterocycles. The summed E-state index contributed by atoms with van der Waals surface area (Å²) in [5.41, 5.74) is 1.43. The van der Waals surface area contributed by atoms with Crippen LogP contribution in [-0.2, 0) is 0 Å². The lowest BCUT2D eigenvalue weighted by molar-refractivity contribution is 0.0884. The maximum absolute atomic E-state index is 12.1. The summed E-state index contributed by atoms with van der Waals surface area (Å²) in [7, 11) is 0. The first-order valence-corrected chi connectivity index (χ1v) is 6.18. The van der Waals surface area contributed by atoms with Crippen molar-refractivity contribution < 1.29 is 9.90 Å². The van der Waals surface area contributed by atoms with E-state index < -0.39 is 0 Å². The minimum Gasteiger partial charge on any atom is -0.396 e. The molecule has 0 aliphatic carbocycles. The van der Waals surface area contributed by atoms with Gasteiger partial charge in [-0.2, -0.15) is 0 Å². The Hall–Kier alpha value is -1.42. The van der Waals surface area contributed by atoms with E-state index in [2.05, 4.69) is 10.3 Å². The molecule has 0 aliphatic rings. The van der Waals surface area contributed by atoms with Crippen molar-refractivity contribution in [3.63, 3.8) is 0 Å². The Balaban J connectivity index is 2.79. The highest BCUT2D eigenvalue weighted by atomic mass is 16.3. The second-order valence-corrected chi connectivity index (χ2v) is 5.66. The second kappa shape index (κ2) is 5.96. The Bertz CT molecular complexity index is 411. The van der Waals surface area contributed by atoms with Crippen LogP contribution in [0.25, 0.3) is 0 Å². The Morgan fingerprint density at radius 1 is 1.44 bits per heavy atom. The quantitative estimate of drug-likeness (QED) is 0.858. The standard InChI is InChI=1S/C14H22N2O2/c1-10-7-11(9-15-8-10)13(18)16-12(5-6-17)14(2,3)4/h7-9,12,17H,5-6H2,1-4H3,(H,16,18). The molecule has 4 nitrogen and oxygen atoms in total. The fraction of sp³-hybridized carbons (Fsp3) is 0.571. The van der Waals surface area contributed by atoms with E-state index in [0.717, 1.165) is 5.56 Å². The summed E-state index contributed by atoms with van der Waals surface area (Å²) in [6.45, 7) is 8.10. The molecule has 0 aromatic carbocycles. The van der Waals surface area contributed by atoms with E-state index in [9.17, 15) is 4.79 Å². The molecule has 0 aliphatic heterocycles. The third kappa shape index (κ3) is 4.11. The first-order valence-electron chi connectivity index (χ1n) is 6.18. The minimum atomic E-state index is -0.139. The summed E-state index contributed by atoms with van der Waals surface area (Å²) >= 11 is 0. The van der Waals surface area contributed by atoms with Gasteiger partial charge in [0, 0.05) is 25.0 Å². The molecule has 1 rings (SSSR count). The van der Waals surface area contributed by atoms with Crippen LogP contribution in [0.5, 0.6) is 0 Å². The number of nitrogens with one attached hydrogen (secondary N) is 1. The summed E-state index contributed by atoms with van der Waals surface area (Å²) in [5.74, 6) is -0.139. The van der Waals surface area contributed by atoms with E-state index in [4.69, 9.17) is 5.11 Å². The van der Waals surface area contributed by atoms with E-state index in [1.165, 1.54) is 0 Å². The first kappa shape index (κ1) is 14.6. The molecule has 0 bridgehead atoms. The molecule has 4 heteroatoms. The molecular weight excluding hydrogens is 228 g/mol. The number of aliphatic hydroxyl groups is 1. The van der Waals surface area contributed by atoms with Crippen molar-refractivity contribution in [2.24, 2.45) is 5.41 Å². The third-order valence-electron chi connectivity index (χ3n) is 2.91. The molecule has 0 spiro atoms. The molecule has 0 saturated heterocycles. The topological polar surface area (TPSA) is 62.2 Å². The highest BCUT2D eigenvalue weighted by Gasteiger charge is 2.26. The Kier molecular flexibility index (Phi) is 4.84. The molecule has 1 heterocycles. The molecule has 1 atom stereocenters. The number of carbonyl (C=O) groups is 1. The van der Waals surface area contributed by atoms with Crippen LogP contribution in [0, 0.1) is 12.3 Å². The van der Waals surface area contributed by atoms with Gasteiger partial charge >= 0.3 is 0 Å². The van der Waals surface area contributed by atoms with E-state index in [0.29, 0.717) is 12.0 Å². The van der Waals surface area contributed by atoms with Crippen molar-refractivity contribution in [2.45, 2.75) is 40.2 Å². The van der Waals surface area contributed by atoms with Crippen molar-refractivity contribution in [1.82, 2.24) is 10.3 Å². The van der Waals surface area contributed by atoms with Crippen molar-refractivity contribution in [3.8, 4) is 0 Å². The predicted octanol–water partition coefficient (Wildman–Crippen LogP) is 1.92. The maximum Gasteiger partial charge on any atom is 0.253 e. The zero-order valence-electron chi connectivity index (χ0n) is 11.5. The highest BCUT2D eigenvalue weighted by molar-refractivity contribution is 5.94. The Morgan fingerprint density at radius 3 is 2.61 bits per heavy atom. The molecular formula is C14H22N2O2. The van der Waals surface area contributed by atoms with Crippen LogP contribution in [0.15, 0.2) is 18.5 Å². The molecule has 0 saturated carbocycles. The van der Waals surface area contributed by atoms with Gasteiger partial charge in [0.15, 0.2) is 0 Å². The van der Waals surface area contributed by atoms with Gasteiger partial charge in [0.05, 0.1) is 5.56 Å². The monoisotopic (exact) mass is 250 g/mol. The molecule has 0 radical (unpaired) electrons. The Morgan fingerprint density at radius 2 is 2.11 bits per heavy atom. The van der Waals surface area contributed by atoms with Gasteiger partial charge in [-0.05, 0) is 30.4 Å². The number of carbonyl (C=O) groups excluding carboxylic acids is 1. The average molecular weight is 250 g/mol. The van der Waals surface area contributed by atoms with Crippen LogP contribution in [0.4, 0.5) is 0 Å². The van der Waals surface area contributed by atoms with Crippen LogP contribution in [0.1, 0.15) is 43.1 Å². The van der Waals surface area contributed by atoms with Gasteiger partial charge < -0.3 is 10.4 Å². The van der Waals surface area contributed by atoms with Crippen LogP contribution in [0.2, 0.25) is 0 Å². The number of hydrogen-bond donors (Lipinski definition) is 2. The van der Waals surface area contributed by atoms with E-state index in [1.54, 1.807) is 18.5 Å². The second-order valence-electron chi connectivity index (χ2n) is 5.66. The van der Waals surface area contributed by atoms with Gasteiger partial charge in [-0.3, -0.25) is 9.78 Å². The summed E-state index contributed by atoms with van der Waals surface area (Å²) in [6, 6.07) is 1.75. The lowest BCUT2D eigenvalue weighted by atomic mass is 9.85. The number of pyridine rings is 1. The van der Waals surface area contributed by atoms with Crippen molar-refractivity contribution >= 4 is 5.91 Å². The largest absolute Gasteiger partial charge is 0.396 e. The number of amides is 1.